The van der Waals surface area contributed by atoms with E-state index in [1.54, 1.807) is 12.1 Å². The zero-order valence-electron chi connectivity index (χ0n) is 14.7. The summed E-state index contributed by atoms with van der Waals surface area (Å²) < 4.78 is 32.3. The van der Waals surface area contributed by atoms with Gasteiger partial charge in [-0.15, -0.1) is 11.3 Å². The van der Waals surface area contributed by atoms with Gasteiger partial charge in [0.1, 0.15) is 4.21 Å². The number of nitrogens with zero attached hydrogens (tertiary/aromatic N) is 1. The normalized spacial score (nSPS) is 25.9. The monoisotopic (exact) mass is 399 g/mol. The van der Waals surface area contributed by atoms with E-state index in [4.69, 9.17) is 4.74 Å². The van der Waals surface area contributed by atoms with Gasteiger partial charge in [-0.3, -0.25) is 4.79 Å². The number of carbonyl (C=O) groups is 1. The standard InChI is InChI=1S/C17H25N3O4S2/c21-16(14-11-17(14)3-5-18-6-4-17)19-12-13-1-2-15(25-13)26(22,23)20-7-9-24-10-8-20/h1-2,14,18H,3-12H2,(H,19,21). The Morgan fingerprint density at radius 3 is 2.77 bits per heavy atom. The van der Waals surface area contributed by atoms with Gasteiger partial charge in [0.2, 0.25) is 5.91 Å². The third-order valence-electron chi connectivity index (χ3n) is 5.74. The molecule has 9 heteroatoms. The molecule has 1 aliphatic carbocycles. The molecule has 4 rings (SSSR count). The smallest absolute Gasteiger partial charge is 0.252 e. The number of nitrogens with one attached hydrogen (secondary N) is 2. The summed E-state index contributed by atoms with van der Waals surface area (Å²) in [5, 5.41) is 6.34. The number of hydrogen-bond acceptors (Lipinski definition) is 6. The van der Waals surface area contributed by atoms with Crippen LogP contribution in [-0.4, -0.2) is 58.0 Å². The summed E-state index contributed by atoms with van der Waals surface area (Å²) in [6.07, 6.45) is 3.14. The molecule has 2 saturated heterocycles. The predicted molar refractivity (Wildman–Crippen MR) is 98.4 cm³/mol. The first kappa shape index (κ1) is 18.4. The van der Waals surface area contributed by atoms with Crippen molar-refractivity contribution in [2.75, 3.05) is 39.4 Å². The van der Waals surface area contributed by atoms with Gasteiger partial charge in [-0.1, -0.05) is 0 Å². The van der Waals surface area contributed by atoms with Crippen molar-refractivity contribution in [1.82, 2.24) is 14.9 Å². The summed E-state index contributed by atoms with van der Waals surface area (Å²) in [4.78, 5) is 13.3. The van der Waals surface area contributed by atoms with E-state index < -0.39 is 10.0 Å². The van der Waals surface area contributed by atoms with Crippen LogP contribution in [0.2, 0.25) is 0 Å². The van der Waals surface area contributed by atoms with E-state index in [0.717, 1.165) is 37.2 Å². The molecule has 7 nitrogen and oxygen atoms in total. The van der Waals surface area contributed by atoms with Crippen LogP contribution in [0.4, 0.5) is 0 Å². The van der Waals surface area contributed by atoms with Crippen LogP contribution < -0.4 is 10.6 Å². The molecule has 0 bridgehead atoms. The summed E-state index contributed by atoms with van der Waals surface area (Å²) in [6, 6.07) is 3.44. The van der Waals surface area contributed by atoms with Crippen molar-refractivity contribution in [2.45, 2.75) is 30.0 Å². The summed E-state index contributed by atoms with van der Waals surface area (Å²) >= 11 is 1.24. The minimum atomic E-state index is -3.45. The molecular weight excluding hydrogens is 374 g/mol. The molecule has 2 aliphatic heterocycles. The van der Waals surface area contributed by atoms with Crippen molar-refractivity contribution >= 4 is 27.3 Å². The molecule has 0 radical (unpaired) electrons. The van der Waals surface area contributed by atoms with Gasteiger partial charge in [-0.25, -0.2) is 8.42 Å². The highest BCUT2D eigenvalue weighted by molar-refractivity contribution is 7.91. The number of piperidine rings is 1. The van der Waals surface area contributed by atoms with Gasteiger partial charge in [-0.05, 0) is 49.9 Å². The largest absolute Gasteiger partial charge is 0.379 e. The van der Waals surface area contributed by atoms with Gasteiger partial charge in [0, 0.05) is 23.9 Å². The molecule has 26 heavy (non-hydrogen) atoms. The van der Waals surface area contributed by atoms with Gasteiger partial charge >= 0.3 is 0 Å². The van der Waals surface area contributed by atoms with Crippen LogP contribution in [0.5, 0.6) is 0 Å². The molecule has 0 aromatic carbocycles. The van der Waals surface area contributed by atoms with E-state index in [0.29, 0.717) is 37.1 Å². The Bertz CT molecular complexity index is 765. The summed E-state index contributed by atoms with van der Waals surface area (Å²) in [5.74, 6) is 0.235. The predicted octanol–water partition coefficient (Wildman–Crippen LogP) is 0.775. The topological polar surface area (TPSA) is 87.7 Å². The molecule has 1 saturated carbocycles. The third kappa shape index (κ3) is 3.55. The highest BCUT2D eigenvalue weighted by Crippen LogP contribution is 2.58. The molecule has 2 N–H and O–H groups in total. The minimum Gasteiger partial charge on any atom is -0.379 e. The average molecular weight is 400 g/mol. The van der Waals surface area contributed by atoms with E-state index in [1.807, 2.05) is 0 Å². The van der Waals surface area contributed by atoms with Crippen LogP contribution >= 0.6 is 11.3 Å². The van der Waals surface area contributed by atoms with E-state index in [9.17, 15) is 13.2 Å². The number of carbonyl (C=O) groups excluding carboxylic acids is 1. The van der Waals surface area contributed by atoms with Gasteiger partial charge in [0.15, 0.2) is 0 Å². The second-order valence-electron chi connectivity index (χ2n) is 7.32. The fourth-order valence-electron chi connectivity index (χ4n) is 4.00. The highest BCUT2D eigenvalue weighted by atomic mass is 32.2. The van der Waals surface area contributed by atoms with Gasteiger partial charge in [0.05, 0.1) is 19.8 Å². The van der Waals surface area contributed by atoms with E-state index in [1.165, 1.54) is 15.6 Å². The zero-order valence-corrected chi connectivity index (χ0v) is 16.3. The average Bonchev–Trinajstić information content (AvgIpc) is 3.13. The second-order valence-corrected chi connectivity index (χ2v) is 10.7. The fourth-order valence-corrected chi connectivity index (χ4v) is 6.86. The number of amides is 1. The molecule has 1 aromatic heterocycles. The second kappa shape index (κ2) is 7.20. The maximum absolute atomic E-state index is 12.6. The molecule has 144 valence electrons. The van der Waals surface area contributed by atoms with Crippen molar-refractivity contribution in [2.24, 2.45) is 11.3 Å². The number of rotatable bonds is 5. The zero-order chi connectivity index (χ0) is 18.2. The summed E-state index contributed by atoms with van der Waals surface area (Å²) in [7, 11) is -3.45. The third-order valence-corrected chi connectivity index (χ3v) is 9.19. The Morgan fingerprint density at radius 2 is 2.04 bits per heavy atom. The van der Waals surface area contributed by atoms with Gasteiger partial charge in [-0.2, -0.15) is 4.31 Å². The molecule has 3 fully saturated rings. The first-order valence-electron chi connectivity index (χ1n) is 9.16. The minimum absolute atomic E-state index is 0.109. The molecule has 3 aliphatic rings. The number of thiophene rings is 1. The summed E-state index contributed by atoms with van der Waals surface area (Å²) in [6.45, 7) is 4.05. The maximum Gasteiger partial charge on any atom is 0.252 e. The lowest BCUT2D eigenvalue weighted by Crippen LogP contribution is -2.40. The molecular formula is C17H25N3O4S2. The number of morpholine rings is 1. The van der Waals surface area contributed by atoms with Crippen molar-refractivity contribution in [1.29, 1.82) is 0 Å². The van der Waals surface area contributed by atoms with E-state index in [-0.39, 0.29) is 17.2 Å². The van der Waals surface area contributed by atoms with Crippen LogP contribution in [0.25, 0.3) is 0 Å². The lowest BCUT2D eigenvalue weighted by molar-refractivity contribution is -0.123. The molecule has 1 unspecified atom stereocenters. The SMILES string of the molecule is O=C(NCc1ccc(S(=O)(=O)N2CCOCC2)s1)C1CC12CCNCC2. The molecule has 1 aromatic rings. The Morgan fingerprint density at radius 1 is 1.31 bits per heavy atom. The molecule has 3 heterocycles. The molecule has 1 spiro atoms. The number of ether oxygens (including phenoxy) is 1. The number of hydrogen-bond donors (Lipinski definition) is 2. The summed E-state index contributed by atoms with van der Waals surface area (Å²) in [5.41, 5.74) is 0.218. The van der Waals surface area contributed by atoms with Gasteiger partial charge < -0.3 is 15.4 Å². The van der Waals surface area contributed by atoms with E-state index in [2.05, 4.69) is 10.6 Å². The first-order valence-corrected chi connectivity index (χ1v) is 11.4. The van der Waals surface area contributed by atoms with Crippen LogP contribution in [0.3, 0.4) is 0 Å². The Kier molecular flexibility index (Phi) is 5.08. The van der Waals surface area contributed by atoms with Gasteiger partial charge in [0.25, 0.3) is 10.0 Å². The van der Waals surface area contributed by atoms with Crippen molar-refractivity contribution in [3.63, 3.8) is 0 Å². The Hall–Kier alpha value is -1.00. The molecule has 1 amide bonds. The lowest BCUT2D eigenvalue weighted by Gasteiger charge is -2.25. The van der Waals surface area contributed by atoms with Crippen LogP contribution in [0.15, 0.2) is 16.3 Å². The number of sulfonamides is 1. The van der Waals surface area contributed by atoms with Crippen molar-refractivity contribution in [3.8, 4) is 0 Å². The molecule has 1 atom stereocenters. The lowest BCUT2D eigenvalue weighted by atomic mass is 9.92. The van der Waals surface area contributed by atoms with Crippen molar-refractivity contribution < 1.29 is 17.9 Å². The van der Waals surface area contributed by atoms with Crippen molar-refractivity contribution in [3.05, 3.63) is 17.0 Å². The Labute approximate surface area is 158 Å². The quantitative estimate of drug-likeness (QED) is 0.764. The first-order chi connectivity index (χ1) is 12.5. The fraction of sp³-hybridized carbons (Fsp3) is 0.706. The Balaban J connectivity index is 1.33. The highest BCUT2D eigenvalue weighted by Gasteiger charge is 2.57. The van der Waals surface area contributed by atoms with Crippen LogP contribution in [-0.2, 0) is 26.1 Å². The van der Waals surface area contributed by atoms with Crippen LogP contribution in [0, 0.1) is 11.3 Å². The van der Waals surface area contributed by atoms with E-state index >= 15 is 0 Å². The maximum atomic E-state index is 12.6. The van der Waals surface area contributed by atoms with Crippen LogP contribution in [0.1, 0.15) is 24.1 Å².